The van der Waals surface area contributed by atoms with E-state index >= 15 is 0 Å². The number of pyridine rings is 1. The first-order chi connectivity index (χ1) is 20.6. The maximum absolute atomic E-state index is 13.4. The number of amides is 1. The maximum atomic E-state index is 13.4. The van der Waals surface area contributed by atoms with Crippen LogP contribution in [0.2, 0.25) is 0 Å². The highest BCUT2D eigenvalue weighted by molar-refractivity contribution is 5.93. The van der Waals surface area contributed by atoms with E-state index in [0.29, 0.717) is 36.7 Å². The minimum Gasteiger partial charge on any atom is -0.480 e. The van der Waals surface area contributed by atoms with Gasteiger partial charge < -0.3 is 19.5 Å². The van der Waals surface area contributed by atoms with Gasteiger partial charge >= 0.3 is 0 Å². The van der Waals surface area contributed by atoms with Crippen molar-refractivity contribution in [2.24, 2.45) is 0 Å². The number of hydrogen-bond donors (Lipinski definition) is 2. The van der Waals surface area contributed by atoms with Crippen molar-refractivity contribution in [3.05, 3.63) is 78.2 Å². The molecule has 5 heterocycles. The molecule has 1 aliphatic heterocycles. The minimum absolute atomic E-state index is 0.109. The van der Waals surface area contributed by atoms with Crippen molar-refractivity contribution in [1.29, 1.82) is 0 Å². The van der Waals surface area contributed by atoms with Crippen molar-refractivity contribution >= 4 is 22.6 Å². The molecule has 0 unspecified atom stereocenters. The highest BCUT2D eigenvalue weighted by Gasteiger charge is 2.23. The number of carbonyl (C=O) groups is 2. The zero-order valence-corrected chi connectivity index (χ0v) is 23.5. The Kier molecular flexibility index (Phi) is 8.07. The van der Waals surface area contributed by atoms with Crippen LogP contribution in [0.25, 0.3) is 22.2 Å². The monoisotopic (exact) mass is 567 g/mol. The van der Waals surface area contributed by atoms with Crippen LogP contribution < -0.4 is 10.1 Å². The largest absolute Gasteiger partial charge is 0.480 e. The predicted molar refractivity (Wildman–Crippen MR) is 155 cm³/mol. The van der Waals surface area contributed by atoms with E-state index in [1.807, 2.05) is 41.1 Å². The summed E-state index contributed by atoms with van der Waals surface area (Å²) in [7, 11) is 1.60. The Morgan fingerprint density at radius 1 is 1.14 bits per heavy atom. The van der Waals surface area contributed by atoms with E-state index < -0.39 is 0 Å². The number of unbranched alkanes of at least 4 members (excludes halogenated alkanes) is 2. The number of fused-ring (bicyclic) bond motifs is 2. The molecular weight excluding hydrogens is 534 g/mol. The van der Waals surface area contributed by atoms with Gasteiger partial charge in [0.25, 0.3) is 11.8 Å². The molecule has 1 amide bonds. The summed E-state index contributed by atoms with van der Waals surface area (Å²) < 4.78 is 12.6. The number of benzene rings is 1. The number of nitrogens with zero attached hydrogens (tertiary/aromatic N) is 5. The van der Waals surface area contributed by atoms with E-state index in [-0.39, 0.29) is 23.6 Å². The molecule has 1 atom stereocenters. The number of oxazole rings is 1. The summed E-state index contributed by atoms with van der Waals surface area (Å²) in [5.74, 6) is 0.924. The third-order valence-corrected chi connectivity index (χ3v) is 7.62. The summed E-state index contributed by atoms with van der Waals surface area (Å²) in [5.41, 5.74) is 3.88. The third-order valence-electron chi connectivity index (χ3n) is 7.62. The molecule has 0 aliphatic carbocycles. The lowest BCUT2D eigenvalue weighted by atomic mass is 10.0. The van der Waals surface area contributed by atoms with Gasteiger partial charge in [0.1, 0.15) is 17.8 Å². The number of carbonyl (C=O) groups excluding carboxylic acids is 2. The van der Waals surface area contributed by atoms with Gasteiger partial charge in [0.15, 0.2) is 0 Å². The van der Waals surface area contributed by atoms with Crippen LogP contribution in [-0.2, 0) is 13.0 Å². The molecule has 0 fully saturated rings. The number of aromatic amines is 1. The Morgan fingerprint density at radius 2 is 2.05 bits per heavy atom. The van der Waals surface area contributed by atoms with E-state index in [4.69, 9.17) is 9.15 Å². The quantitative estimate of drug-likeness (QED) is 0.150. The molecule has 11 heteroatoms. The van der Waals surface area contributed by atoms with Crippen LogP contribution in [-0.4, -0.2) is 48.5 Å². The predicted octanol–water partition coefficient (Wildman–Crippen LogP) is 5.46. The zero-order valence-electron chi connectivity index (χ0n) is 23.5. The number of nitrogens with one attached hydrogen (secondary N) is 2. The maximum Gasteiger partial charge on any atom is 0.272 e. The molecule has 0 saturated carbocycles. The molecule has 5 aromatic rings. The van der Waals surface area contributed by atoms with Gasteiger partial charge in [-0.25, -0.2) is 15.0 Å². The number of aromatic nitrogens is 6. The van der Waals surface area contributed by atoms with Crippen molar-refractivity contribution in [2.45, 2.75) is 64.0 Å². The van der Waals surface area contributed by atoms with Crippen LogP contribution in [0.15, 0.2) is 59.5 Å². The van der Waals surface area contributed by atoms with Gasteiger partial charge in [0, 0.05) is 24.0 Å². The normalized spacial score (nSPS) is 13.5. The van der Waals surface area contributed by atoms with Crippen LogP contribution in [0.5, 0.6) is 5.88 Å². The highest BCUT2D eigenvalue weighted by atomic mass is 16.5. The lowest BCUT2D eigenvalue weighted by molar-refractivity contribution is 0.0925. The van der Waals surface area contributed by atoms with E-state index in [1.54, 1.807) is 13.3 Å². The molecule has 0 radical (unpaired) electrons. The number of para-hydroxylation sites is 1. The smallest absolute Gasteiger partial charge is 0.272 e. The van der Waals surface area contributed by atoms with Gasteiger partial charge in [0.2, 0.25) is 11.7 Å². The first kappa shape index (κ1) is 27.4. The fraction of sp³-hybridized carbons (Fsp3) is 0.355. The summed E-state index contributed by atoms with van der Waals surface area (Å²) in [6.45, 7) is 0.835. The number of aryl methyl sites for hydroxylation is 2. The number of hydrogen-bond acceptors (Lipinski definition) is 8. The number of methoxy groups -OCH3 is 1. The molecule has 6 rings (SSSR count). The average Bonchev–Trinajstić information content (AvgIpc) is 3.80. The summed E-state index contributed by atoms with van der Waals surface area (Å²) >= 11 is 0. The lowest BCUT2D eigenvalue weighted by Gasteiger charge is -2.16. The Balaban J connectivity index is 1.19. The molecule has 2 N–H and O–H groups in total. The van der Waals surface area contributed by atoms with E-state index in [2.05, 4.69) is 30.4 Å². The standard InChI is InChI=1S/C31H33N7O4/c1-41-30-22(17-20-9-5-6-11-23(20)36-30)26-19-33-28(34-26)24(12-3-2-4-13-27(39)31-32-14-16-42-31)35-29(40)25-18-21-10-7-8-15-38(21)37-25/h5-6,9,11,14,16-19,24H,2-4,7-8,10,12-13,15H2,1H3,(H,33,34)(H,35,40)/t24-/m0/s1. The number of imidazole rings is 1. The number of rotatable bonds is 12. The van der Waals surface area contributed by atoms with Crippen molar-refractivity contribution < 1.29 is 18.7 Å². The Hall–Kier alpha value is -4.80. The van der Waals surface area contributed by atoms with Crippen LogP contribution in [0, 0.1) is 0 Å². The Morgan fingerprint density at radius 3 is 2.88 bits per heavy atom. The molecule has 216 valence electrons. The molecule has 0 spiro atoms. The fourth-order valence-electron chi connectivity index (χ4n) is 5.41. The van der Waals surface area contributed by atoms with Crippen LogP contribution in [0.1, 0.15) is 83.7 Å². The molecule has 42 heavy (non-hydrogen) atoms. The van der Waals surface area contributed by atoms with Gasteiger partial charge in [-0.2, -0.15) is 5.10 Å². The first-order valence-corrected chi connectivity index (χ1v) is 14.4. The lowest BCUT2D eigenvalue weighted by Crippen LogP contribution is -2.30. The molecule has 0 bridgehead atoms. The number of ether oxygens (including phenoxy) is 1. The van der Waals surface area contributed by atoms with Crippen molar-refractivity contribution in [3.63, 3.8) is 0 Å². The van der Waals surface area contributed by atoms with E-state index in [1.165, 1.54) is 12.5 Å². The fourth-order valence-corrected chi connectivity index (χ4v) is 5.41. The van der Waals surface area contributed by atoms with Gasteiger partial charge in [-0.15, -0.1) is 0 Å². The molecular formula is C31H33N7O4. The van der Waals surface area contributed by atoms with Crippen LogP contribution in [0.4, 0.5) is 0 Å². The second-order valence-electron chi connectivity index (χ2n) is 10.5. The summed E-state index contributed by atoms with van der Waals surface area (Å²) in [5, 5.41) is 8.69. The van der Waals surface area contributed by atoms with Gasteiger partial charge in [-0.1, -0.05) is 31.0 Å². The van der Waals surface area contributed by atoms with Crippen LogP contribution in [0.3, 0.4) is 0 Å². The highest BCUT2D eigenvalue weighted by Crippen LogP contribution is 2.32. The van der Waals surface area contributed by atoms with Gasteiger partial charge in [-0.3, -0.25) is 14.3 Å². The van der Waals surface area contributed by atoms with Gasteiger partial charge in [0.05, 0.1) is 42.3 Å². The summed E-state index contributed by atoms with van der Waals surface area (Å²) in [6.07, 6.45) is 11.0. The van der Waals surface area contributed by atoms with Gasteiger partial charge in [-0.05, 0) is 50.3 Å². The van der Waals surface area contributed by atoms with Crippen LogP contribution >= 0.6 is 0 Å². The second-order valence-corrected chi connectivity index (χ2v) is 10.5. The number of Topliss-reactive ketones (excluding diaryl/α,β-unsaturated/α-hetero) is 1. The third kappa shape index (κ3) is 5.95. The molecule has 4 aromatic heterocycles. The topological polar surface area (TPSA) is 141 Å². The van der Waals surface area contributed by atoms with E-state index in [9.17, 15) is 9.59 Å². The average molecular weight is 568 g/mol. The summed E-state index contributed by atoms with van der Waals surface area (Å²) in [6, 6.07) is 11.4. The van der Waals surface area contributed by atoms with E-state index in [0.717, 1.165) is 66.5 Å². The zero-order chi connectivity index (χ0) is 28.9. The SMILES string of the molecule is COc1nc2ccccc2cc1-c1cnc([C@H](CCCCCC(=O)c2ncco2)NC(=O)c2cc3n(n2)CCCC3)[nH]1. The molecule has 11 nitrogen and oxygen atoms in total. The van der Waals surface area contributed by atoms with Crippen molar-refractivity contribution in [3.8, 4) is 17.1 Å². The molecule has 0 saturated heterocycles. The minimum atomic E-state index is -0.383. The Bertz CT molecular complexity index is 1670. The molecule has 1 aromatic carbocycles. The van der Waals surface area contributed by atoms with Crippen molar-refractivity contribution in [2.75, 3.05) is 7.11 Å². The summed E-state index contributed by atoms with van der Waals surface area (Å²) in [4.78, 5) is 42.2. The number of ketones is 1. The first-order valence-electron chi connectivity index (χ1n) is 14.4. The van der Waals surface area contributed by atoms with Crippen molar-refractivity contribution in [1.82, 2.24) is 35.0 Å². The second kappa shape index (κ2) is 12.4. The molecule has 1 aliphatic rings. The Labute approximate surface area is 242 Å². The number of H-pyrrole nitrogens is 1.